The van der Waals surface area contributed by atoms with Crippen molar-refractivity contribution >= 4 is 34.8 Å². The van der Waals surface area contributed by atoms with Crippen LogP contribution in [0.1, 0.15) is 20.7 Å². The molecule has 0 spiro atoms. The van der Waals surface area contributed by atoms with Gasteiger partial charge in [0.1, 0.15) is 12.1 Å². The van der Waals surface area contributed by atoms with Crippen molar-refractivity contribution in [2.75, 3.05) is 10.9 Å². The molecular formula is C18H13FN8O6. The lowest BCUT2D eigenvalue weighted by Gasteiger charge is -2.11. The lowest BCUT2D eigenvalue weighted by atomic mass is 10.2. The van der Waals surface area contributed by atoms with Gasteiger partial charge in [0, 0.05) is 23.3 Å². The number of benzene rings is 2. The van der Waals surface area contributed by atoms with Gasteiger partial charge in [0.25, 0.3) is 17.5 Å². The van der Waals surface area contributed by atoms with E-state index in [2.05, 4.69) is 31.7 Å². The van der Waals surface area contributed by atoms with Crippen molar-refractivity contribution in [1.82, 2.24) is 20.8 Å². The molecule has 0 aliphatic heterocycles. The van der Waals surface area contributed by atoms with E-state index in [-0.39, 0.29) is 16.8 Å². The Balaban J connectivity index is 1.73. The maximum Gasteiger partial charge on any atom is 0.356 e. The number of nitrogens with one attached hydrogen (secondary N) is 4. The first-order valence-corrected chi connectivity index (χ1v) is 8.88. The molecule has 0 saturated carbocycles. The summed E-state index contributed by atoms with van der Waals surface area (Å²) < 4.78 is 13.0. The number of nitro benzene ring substituents is 1. The van der Waals surface area contributed by atoms with Crippen molar-refractivity contribution in [2.45, 2.75) is 0 Å². The summed E-state index contributed by atoms with van der Waals surface area (Å²) in [4.78, 5) is 52.6. The predicted molar refractivity (Wildman–Crippen MR) is 110 cm³/mol. The molecule has 3 aromatic rings. The quantitative estimate of drug-likeness (QED) is 0.287. The summed E-state index contributed by atoms with van der Waals surface area (Å²) >= 11 is 0. The fourth-order valence-corrected chi connectivity index (χ4v) is 2.47. The molecule has 4 N–H and O–H groups in total. The van der Waals surface area contributed by atoms with Gasteiger partial charge in [0.05, 0.1) is 9.85 Å². The van der Waals surface area contributed by atoms with Gasteiger partial charge < -0.3 is 0 Å². The second-order valence-corrected chi connectivity index (χ2v) is 6.15. The first kappa shape index (κ1) is 22.5. The Morgan fingerprint density at radius 3 is 1.94 bits per heavy atom. The number of halogens is 1. The van der Waals surface area contributed by atoms with E-state index < -0.39 is 44.8 Å². The Kier molecular flexibility index (Phi) is 6.63. The summed E-state index contributed by atoms with van der Waals surface area (Å²) in [5, 5.41) is 22.4. The van der Waals surface area contributed by atoms with Crippen molar-refractivity contribution in [3.8, 4) is 0 Å². The largest absolute Gasteiger partial charge is 0.356 e. The molecule has 2 aromatic carbocycles. The number of rotatable bonds is 8. The number of anilines is 2. The molecule has 0 bridgehead atoms. The fourth-order valence-electron chi connectivity index (χ4n) is 2.47. The van der Waals surface area contributed by atoms with Gasteiger partial charge in [0.15, 0.2) is 0 Å². The van der Waals surface area contributed by atoms with E-state index in [9.17, 15) is 34.2 Å². The number of amides is 2. The van der Waals surface area contributed by atoms with E-state index in [0.717, 1.165) is 24.5 Å². The van der Waals surface area contributed by atoms with Crippen LogP contribution in [0.15, 0.2) is 54.9 Å². The Morgan fingerprint density at radius 1 is 0.818 bits per heavy atom. The molecule has 0 saturated heterocycles. The molecule has 168 valence electrons. The van der Waals surface area contributed by atoms with E-state index in [1.165, 1.54) is 30.3 Å². The molecule has 0 aliphatic rings. The molecule has 33 heavy (non-hydrogen) atoms. The number of nitrogens with zero attached hydrogens (tertiary/aromatic N) is 4. The zero-order valence-corrected chi connectivity index (χ0v) is 16.3. The number of aromatic nitrogens is 2. The number of carbonyl (C=O) groups is 2. The predicted octanol–water partition coefficient (Wildman–Crippen LogP) is 1.95. The average Bonchev–Trinajstić information content (AvgIpc) is 2.81. The minimum Gasteiger partial charge on any atom is -0.276 e. The smallest absolute Gasteiger partial charge is 0.276 e. The van der Waals surface area contributed by atoms with Crippen LogP contribution in [0.25, 0.3) is 0 Å². The second kappa shape index (κ2) is 9.73. The van der Waals surface area contributed by atoms with E-state index in [1.54, 1.807) is 0 Å². The first-order chi connectivity index (χ1) is 15.8. The lowest BCUT2D eigenvalue weighted by molar-refractivity contribution is -0.384. The third kappa shape index (κ3) is 5.48. The normalized spacial score (nSPS) is 10.1. The van der Waals surface area contributed by atoms with Crippen molar-refractivity contribution < 1.29 is 23.8 Å². The van der Waals surface area contributed by atoms with Gasteiger partial charge in [-0.15, -0.1) is 0 Å². The standard InChI is InChI=1S/C18H13FN8O6/c19-12-6-4-10(5-7-12)17(28)24-22-15-14(27(32)33)16(21-9-20-15)23-25-18(29)11-2-1-3-13(8-11)26(30)31/h1-9H,(H,24,28)(H,25,29)(H2,20,21,22,23). The summed E-state index contributed by atoms with van der Waals surface area (Å²) in [5.74, 6) is -2.96. The highest BCUT2D eigenvalue weighted by molar-refractivity contribution is 5.96. The van der Waals surface area contributed by atoms with Crippen LogP contribution in [0.5, 0.6) is 0 Å². The zero-order valence-electron chi connectivity index (χ0n) is 16.3. The van der Waals surface area contributed by atoms with Crippen molar-refractivity contribution in [2.24, 2.45) is 0 Å². The molecule has 0 unspecified atom stereocenters. The highest BCUT2D eigenvalue weighted by Crippen LogP contribution is 2.27. The lowest BCUT2D eigenvalue weighted by Crippen LogP contribution is -2.32. The molecule has 0 aliphatic carbocycles. The van der Waals surface area contributed by atoms with Crippen LogP contribution in [0, 0.1) is 26.0 Å². The van der Waals surface area contributed by atoms with Crippen LogP contribution < -0.4 is 21.7 Å². The molecule has 3 rings (SSSR count). The monoisotopic (exact) mass is 456 g/mol. The molecule has 15 heteroatoms. The highest BCUT2D eigenvalue weighted by atomic mass is 19.1. The Labute approximate surface area is 183 Å². The van der Waals surface area contributed by atoms with Gasteiger partial charge in [-0.05, 0) is 30.3 Å². The van der Waals surface area contributed by atoms with Crippen LogP contribution in [0.3, 0.4) is 0 Å². The van der Waals surface area contributed by atoms with Gasteiger partial charge in [-0.25, -0.2) is 14.4 Å². The van der Waals surface area contributed by atoms with Crippen LogP contribution in [0.4, 0.5) is 27.4 Å². The summed E-state index contributed by atoms with van der Waals surface area (Å²) in [5.41, 5.74) is 7.79. The molecule has 0 radical (unpaired) electrons. The molecule has 14 nitrogen and oxygen atoms in total. The summed E-state index contributed by atoms with van der Waals surface area (Å²) in [6.07, 6.45) is 0.918. The van der Waals surface area contributed by atoms with Crippen LogP contribution in [0.2, 0.25) is 0 Å². The minimum atomic E-state index is -0.867. The van der Waals surface area contributed by atoms with Gasteiger partial charge in [-0.2, -0.15) is 0 Å². The third-order valence-electron chi connectivity index (χ3n) is 4.02. The van der Waals surface area contributed by atoms with Gasteiger partial charge in [-0.1, -0.05) is 6.07 Å². The zero-order chi connectivity index (χ0) is 24.0. The number of hydrazine groups is 2. The first-order valence-electron chi connectivity index (χ1n) is 8.88. The molecule has 1 heterocycles. The highest BCUT2D eigenvalue weighted by Gasteiger charge is 2.24. The summed E-state index contributed by atoms with van der Waals surface area (Å²) in [7, 11) is 0. The second-order valence-electron chi connectivity index (χ2n) is 6.15. The van der Waals surface area contributed by atoms with Gasteiger partial charge in [0.2, 0.25) is 11.6 Å². The Hall–Kier alpha value is -5.21. The average molecular weight is 456 g/mol. The van der Waals surface area contributed by atoms with Crippen LogP contribution in [-0.4, -0.2) is 31.6 Å². The molecule has 1 aromatic heterocycles. The number of hydrogen-bond donors (Lipinski definition) is 4. The van der Waals surface area contributed by atoms with Crippen molar-refractivity contribution in [3.63, 3.8) is 0 Å². The SMILES string of the molecule is O=C(NNc1ncnc(NNC(=O)c2cccc([N+](=O)[O-])c2)c1[N+](=O)[O-])c1ccc(F)cc1. The number of non-ortho nitro benzene ring substituents is 1. The van der Waals surface area contributed by atoms with E-state index in [4.69, 9.17) is 0 Å². The Morgan fingerprint density at radius 2 is 1.39 bits per heavy atom. The molecule has 2 amide bonds. The van der Waals surface area contributed by atoms with Crippen LogP contribution in [-0.2, 0) is 0 Å². The fraction of sp³-hybridized carbons (Fsp3) is 0. The molecule has 0 fully saturated rings. The topological polar surface area (TPSA) is 194 Å². The molecule has 0 atom stereocenters. The van der Waals surface area contributed by atoms with E-state index in [1.807, 2.05) is 0 Å². The minimum absolute atomic E-state index is 0.0724. The van der Waals surface area contributed by atoms with E-state index in [0.29, 0.717) is 0 Å². The van der Waals surface area contributed by atoms with Crippen LogP contribution >= 0.6 is 0 Å². The third-order valence-corrected chi connectivity index (χ3v) is 4.02. The number of nitro groups is 2. The number of hydrogen-bond acceptors (Lipinski definition) is 10. The summed E-state index contributed by atoms with van der Waals surface area (Å²) in [6, 6.07) is 9.35. The summed E-state index contributed by atoms with van der Waals surface area (Å²) in [6.45, 7) is 0. The maximum absolute atomic E-state index is 13.0. The van der Waals surface area contributed by atoms with Crippen molar-refractivity contribution in [3.05, 3.63) is 92.0 Å². The maximum atomic E-state index is 13.0. The van der Waals surface area contributed by atoms with E-state index >= 15 is 0 Å². The molecular weight excluding hydrogens is 443 g/mol. The van der Waals surface area contributed by atoms with Crippen molar-refractivity contribution in [1.29, 1.82) is 0 Å². The Bertz CT molecular complexity index is 1240. The van der Waals surface area contributed by atoms with Gasteiger partial charge >= 0.3 is 5.69 Å². The number of carbonyl (C=O) groups excluding carboxylic acids is 2. The van der Waals surface area contributed by atoms with Gasteiger partial charge in [-0.3, -0.25) is 51.5 Å².